The fraction of sp³-hybridized carbons (Fsp3) is 0.677. The maximum atomic E-state index is 14.3. The molecular weight excluding hydrogens is 495 g/mol. The van der Waals surface area contributed by atoms with Gasteiger partial charge in [0, 0.05) is 37.8 Å². The minimum absolute atomic E-state index is 0.0125. The summed E-state index contributed by atoms with van der Waals surface area (Å²) in [5, 5.41) is 14.8. The van der Waals surface area contributed by atoms with Crippen LogP contribution in [0.15, 0.2) is 24.3 Å². The number of hydrogen-bond donors (Lipinski definition) is 1. The summed E-state index contributed by atoms with van der Waals surface area (Å²) >= 11 is 0. The van der Waals surface area contributed by atoms with E-state index in [4.69, 9.17) is 9.84 Å². The molecule has 1 spiro atoms. The number of hydrogen-bond acceptors (Lipinski definition) is 5. The van der Waals surface area contributed by atoms with E-state index in [1.54, 1.807) is 12.1 Å². The van der Waals surface area contributed by atoms with Gasteiger partial charge in [0.05, 0.1) is 18.0 Å². The number of aryl methyl sites for hydroxylation is 2. The molecule has 0 bridgehead atoms. The Morgan fingerprint density at radius 3 is 2.62 bits per heavy atom. The Balaban J connectivity index is 1.32. The summed E-state index contributed by atoms with van der Waals surface area (Å²) in [4.78, 5) is 16.7. The van der Waals surface area contributed by atoms with Gasteiger partial charge in [0.15, 0.2) is 0 Å². The summed E-state index contributed by atoms with van der Waals surface area (Å²) in [6, 6.07) is 6.64. The van der Waals surface area contributed by atoms with E-state index in [2.05, 4.69) is 28.3 Å². The van der Waals surface area contributed by atoms with Crippen molar-refractivity contribution >= 4 is 5.97 Å². The van der Waals surface area contributed by atoms with Gasteiger partial charge in [-0.3, -0.25) is 14.4 Å². The van der Waals surface area contributed by atoms with Crippen LogP contribution in [-0.2, 0) is 34.7 Å². The maximum Gasteiger partial charge on any atom is 0.321 e. The van der Waals surface area contributed by atoms with Crippen LogP contribution in [0.3, 0.4) is 0 Å². The van der Waals surface area contributed by atoms with Crippen molar-refractivity contribution in [1.29, 1.82) is 0 Å². The normalized spacial score (nSPS) is 25.6. The standard InChI is InChI=1S/C31H45FN4O3/c1-6-27-26-19-39-31(29(26)36(7-2)33-27)11-13-35(14-12-31)18-22-16-24(34(5)28(20(3)4)30(37)38)17-25(22)21-9-8-10-23(32)15-21/h8-10,15,20,22,24-25,28H,6-7,11-14,16-19H2,1-5H3,(H,37,38)/t22?,24?,25?,28-/m1/s1. The summed E-state index contributed by atoms with van der Waals surface area (Å²) in [7, 11) is 1.95. The third kappa shape index (κ3) is 5.27. The largest absolute Gasteiger partial charge is 0.480 e. The summed E-state index contributed by atoms with van der Waals surface area (Å²) in [5.41, 5.74) is 4.57. The molecule has 8 heteroatoms. The number of fused-ring (bicyclic) bond motifs is 2. The molecule has 5 rings (SSSR count). The molecule has 1 saturated heterocycles. The van der Waals surface area contributed by atoms with Gasteiger partial charge in [-0.1, -0.05) is 32.9 Å². The molecule has 2 aliphatic heterocycles. The Morgan fingerprint density at radius 2 is 2.00 bits per heavy atom. The number of aliphatic carboxylic acids is 1. The highest BCUT2D eigenvalue weighted by atomic mass is 19.1. The Morgan fingerprint density at radius 1 is 1.26 bits per heavy atom. The molecular formula is C31H45FN4O3. The van der Waals surface area contributed by atoms with Gasteiger partial charge >= 0.3 is 5.97 Å². The number of likely N-dealkylation sites (tertiary alicyclic amines) is 1. The van der Waals surface area contributed by atoms with Crippen molar-refractivity contribution in [1.82, 2.24) is 19.6 Å². The summed E-state index contributed by atoms with van der Waals surface area (Å²) in [6.07, 6.45) is 4.59. The Bertz CT molecular complexity index is 1170. The predicted molar refractivity (Wildman–Crippen MR) is 149 cm³/mol. The average molecular weight is 541 g/mol. The number of piperidine rings is 1. The second-order valence-corrected chi connectivity index (χ2v) is 12.3. The fourth-order valence-corrected chi connectivity index (χ4v) is 7.74. The second-order valence-electron chi connectivity index (χ2n) is 12.3. The minimum Gasteiger partial charge on any atom is -0.480 e. The van der Waals surface area contributed by atoms with Gasteiger partial charge in [-0.15, -0.1) is 0 Å². The zero-order valence-electron chi connectivity index (χ0n) is 24.2. The van der Waals surface area contributed by atoms with Crippen molar-refractivity contribution in [2.45, 2.75) is 96.6 Å². The van der Waals surface area contributed by atoms with E-state index in [1.807, 2.05) is 27.0 Å². The van der Waals surface area contributed by atoms with E-state index < -0.39 is 12.0 Å². The number of carbonyl (C=O) groups is 1. The molecule has 2 aromatic rings. The van der Waals surface area contributed by atoms with Gasteiger partial charge in [0.1, 0.15) is 17.5 Å². The molecule has 1 aromatic carbocycles. The van der Waals surface area contributed by atoms with Gasteiger partial charge in [-0.2, -0.15) is 5.10 Å². The second kappa shape index (κ2) is 11.3. The maximum absolute atomic E-state index is 14.3. The molecule has 1 N–H and O–H groups in total. The first kappa shape index (κ1) is 28.2. The number of halogens is 1. The minimum atomic E-state index is -0.770. The lowest BCUT2D eigenvalue weighted by atomic mass is 9.85. The molecule has 214 valence electrons. The van der Waals surface area contributed by atoms with Crippen molar-refractivity contribution in [2.24, 2.45) is 11.8 Å². The number of ether oxygens (including phenoxy) is 1. The highest BCUT2D eigenvalue weighted by molar-refractivity contribution is 5.73. The van der Waals surface area contributed by atoms with Crippen LogP contribution in [0.5, 0.6) is 0 Å². The van der Waals surface area contributed by atoms with Crippen LogP contribution in [0.2, 0.25) is 0 Å². The SMILES string of the molecule is CCc1nn(CC)c2c1COC21CCN(CC2CC(N(C)[C@@H](C(=O)O)C(C)C)CC2c2cccc(F)c2)CC1. The Labute approximate surface area is 232 Å². The van der Waals surface area contributed by atoms with E-state index in [-0.39, 0.29) is 29.3 Å². The Hall–Kier alpha value is -2.29. The van der Waals surface area contributed by atoms with Crippen molar-refractivity contribution in [3.8, 4) is 0 Å². The van der Waals surface area contributed by atoms with Crippen LogP contribution in [0, 0.1) is 17.7 Å². The molecule has 0 radical (unpaired) electrons. The van der Waals surface area contributed by atoms with Crippen molar-refractivity contribution in [3.63, 3.8) is 0 Å². The molecule has 1 aliphatic carbocycles. The number of carboxylic acids is 1. The van der Waals surface area contributed by atoms with E-state index in [9.17, 15) is 14.3 Å². The van der Waals surface area contributed by atoms with Gasteiger partial charge in [-0.25, -0.2) is 4.39 Å². The molecule has 3 aliphatic rings. The highest BCUT2D eigenvalue weighted by Crippen LogP contribution is 2.47. The first-order chi connectivity index (χ1) is 18.7. The lowest BCUT2D eigenvalue weighted by Gasteiger charge is -2.40. The molecule has 3 heterocycles. The smallest absolute Gasteiger partial charge is 0.321 e. The third-order valence-corrected chi connectivity index (χ3v) is 9.69. The number of rotatable bonds is 9. The molecule has 3 unspecified atom stereocenters. The summed E-state index contributed by atoms with van der Waals surface area (Å²) in [5.74, 6) is -0.426. The quantitative estimate of drug-likeness (QED) is 0.481. The number of benzene rings is 1. The molecule has 4 atom stereocenters. The van der Waals surface area contributed by atoms with Crippen molar-refractivity contribution in [3.05, 3.63) is 52.6 Å². The lowest BCUT2D eigenvalue weighted by molar-refractivity contribution is -0.145. The topological polar surface area (TPSA) is 70.8 Å². The number of aromatic nitrogens is 2. The van der Waals surface area contributed by atoms with Gasteiger partial charge in [0.25, 0.3) is 0 Å². The monoisotopic (exact) mass is 540 g/mol. The van der Waals surface area contributed by atoms with E-state index in [0.717, 1.165) is 63.8 Å². The van der Waals surface area contributed by atoms with Crippen molar-refractivity contribution < 1.29 is 19.0 Å². The number of nitrogens with zero attached hydrogens (tertiary/aromatic N) is 4. The van der Waals surface area contributed by atoms with Crippen LogP contribution in [0.1, 0.15) is 81.8 Å². The first-order valence-electron chi connectivity index (χ1n) is 14.8. The number of likely N-dealkylation sites (N-methyl/N-ethyl adjacent to an activating group) is 1. The van der Waals surface area contributed by atoms with Crippen LogP contribution < -0.4 is 0 Å². The third-order valence-electron chi connectivity index (χ3n) is 9.69. The van der Waals surface area contributed by atoms with Crippen LogP contribution >= 0.6 is 0 Å². The molecule has 0 amide bonds. The van der Waals surface area contributed by atoms with Gasteiger partial charge < -0.3 is 14.7 Å². The summed E-state index contributed by atoms with van der Waals surface area (Å²) < 4.78 is 23.0. The molecule has 2 fully saturated rings. The molecule has 1 aromatic heterocycles. The van der Waals surface area contributed by atoms with Gasteiger partial charge in [0.2, 0.25) is 0 Å². The average Bonchev–Trinajstić information content (AvgIpc) is 3.59. The lowest BCUT2D eigenvalue weighted by Crippen LogP contribution is -2.47. The molecule has 7 nitrogen and oxygen atoms in total. The first-order valence-corrected chi connectivity index (χ1v) is 14.8. The predicted octanol–water partition coefficient (Wildman–Crippen LogP) is 5.03. The zero-order valence-corrected chi connectivity index (χ0v) is 24.2. The molecule has 39 heavy (non-hydrogen) atoms. The Kier molecular flexibility index (Phi) is 8.18. The zero-order chi connectivity index (χ0) is 27.9. The van der Waals surface area contributed by atoms with E-state index in [0.29, 0.717) is 12.5 Å². The number of carboxylic acid groups (broad SMARTS) is 1. The summed E-state index contributed by atoms with van der Waals surface area (Å²) in [6.45, 7) is 12.6. The van der Waals surface area contributed by atoms with Crippen LogP contribution in [0.25, 0.3) is 0 Å². The fourth-order valence-electron chi connectivity index (χ4n) is 7.74. The van der Waals surface area contributed by atoms with Crippen LogP contribution in [0.4, 0.5) is 4.39 Å². The molecule has 1 saturated carbocycles. The highest BCUT2D eigenvalue weighted by Gasteiger charge is 2.48. The van der Waals surface area contributed by atoms with Crippen molar-refractivity contribution in [2.75, 3.05) is 26.7 Å². The van der Waals surface area contributed by atoms with Gasteiger partial charge in [-0.05, 0) is 81.5 Å². The van der Waals surface area contributed by atoms with Crippen LogP contribution in [-0.4, -0.2) is 69.4 Å². The van der Waals surface area contributed by atoms with E-state index in [1.165, 1.54) is 23.0 Å². The van der Waals surface area contributed by atoms with E-state index >= 15 is 0 Å².